The van der Waals surface area contributed by atoms with E-state index in [9.17, 15) is 25.2 Å². The minimum atomic E-state index is -0.980. The largest absolute Gasteiger partial charge is 0.481 e. The van der Waals surface area contributed by atoms with E-state index >= 15 is 0 Å². The molecule has 0 aliphatic heterocycles. The molecule has 0 aromatic carbocycles. The van der Waals surface area contributed by atoms with Gasteiger partial charge in [0.2, 0.25) is 0 Å². The number of carboxylic acid groups (broad SMARTS) is 1. The van der Waals surface area contributed by atoms with Crippen LogP contribution in [0.5, 0.6) is 0 Å². The van der Waals surface area contributed by atoms with Crippen molar-refractivity contribution in [1.82, 2.24) is 0 Å². The SMILES string of the molecule is CC[C@]1(C)/C2=C/C(SCCO)/C=C(\C)C(O)C(O)/C=C/[C@]2(C)CC[C@@]1(C)[C@@H]1C[C@](C)(C(=O)O)CC[C@H]1C. The van der Waals surface area contributed by atoms with Crippen molar-refractivity contribution in [3.8, 4) is 0 Å². The van der Waals surface area contributed by atoms with Gasteiger partial charge in [0.25, 0.3) is 0 Å². The first kappa shape index (κ1) is 30.5. The Hall–Kier alpha value is -1.08. The molecule has 3 aliphatic rings. The summed E-state index contributed by atoms with van der Waals surface area (Å²) >= 11 is 1.65. The molecule has 2 fully saturated rings. The van der Waals surface area contributed by atoms with Crippen LogP contribution in [0.3, 0.4) is 0 Å². The van der Waals surface area contributed by atoms with E-state index in [1.807, 2.05) is 19.9 Å². The summed E-state index contributed by atoms with van der Waals surface area (Å²) in [5.74, 6) is 0.633. The van der Waals surface area contributed by atoms with Crippen LogP contribution in [-0.2, 0) is 4.79 Å². The molecule has 0 saturated heterocycles. The first-order valence-electron chi connectivity index (χ1n) is 14.1. The van der Waals surface area contributed by atoms with Gasteiger partial charge in [-0.2, -0.15) is 0 Å². The predicted octanol–water partition coefficient (Wildman–Crippen LogP) is 5.99. The molecule has 0 aromatic heterocycles. The first-order chi connectivity index (χ1) is 17.2. The number of aliphatic hydroxyl groups excluding tert-OH is 3. The number of rotatable bonds is 6. The second-order valence-corrected chi connectivity index (χ2v) is 14.3. The molecular formula is C31H50O5S. The van der Waals surface area contributed by atoms with E-state index in [1.165, 1.54) is 5.57 Å². The van der Waals surface area contributed by atoms with Gasteiger partial charge in [-0.1, -0.05) is 64.5 Å². The fraction of sp³-hybridized carbons (Fsp3) is 0.774. The number of thioether (sulfide) groups is 1. The van der Waals surface area contributed by atoms with Crippen LogP contribution in [0.4, 0.5) is 0 Å². The Bertz CT molecular complexity index is 942. The smallest absolute Gasteiger partial charge is 0.309 e. The number of aliphatic carboxylic acids is 1. The summed E-state index contributed by atoms with van der Waals surface area (Å²) < 4.78 is 0. The maximum atomic E-state index is 12.3. The van der Waals surface area contributed by atoms with Crippen LogP contribution in [0.15, 0.2) is 35.5 Å². The number of carbonyl (C=O) groups is 1. The zero-order chi connectivity index (χ0) is 27.8. The van der Waals surface area contributed by atoms with Crippen molar-refractivity contribution < 1.29 is 25.2 Å². The standard InChI is InChI=1S/C31H50O5S/c1-8-30(6)25-18-22(37-16-15-32)17-21(3)26(34)24(33)10-12-28(25,4)13-14-31(30,7)23-19-29(5,27(35)36)11-9-20(23)2/h10,12,17-18,20,22-24,26,32-34H,8-9,11,13-16,19H2,1-7H3,(H,35,36)/b12-10+,21-17+,25-18+/t20-,22?,23-,24?,26?,28-,29-,30-,31+/m1/s1. The maximum absolute atomic E-state index is 12.3. The Morgan fingerprint density at radius 1 is 1.11 bits per heavy atom. The van der Waals surface area contributed by atoms with Crippen LogP contribution in [0, 0.1) is 33.5 Å². The van der Waals surface area contributed by atoms with E-state index in [0.717, 1.165) is 37.7 Å². The van der Waals surface area contributed by atoms with Crippen molar-refractivity contribution in [2.45, 2.75) is 104 Å². The highest BCUT2D eigenvalue weighted by molar-refractivity contribution is 8.00. The molecule has 0 heterocycles. The minimum Gasteiger partial charge on any atom is -0.481 e. The Balaban J connectivity index is 2.20. The van der Waals surface area contributed by atoms with Gasteiger partial charge in [-0.25, -0.2) is 0 Å². The lowest BCUT2D eigenvalue weighted by atomic mass is 9.41. The van der Waals surface area contributed by atoms with E-state index < -0.39 is 23.6 Å². The third-order valence-corrected chi connectivity index (χ3v) is 11.9. The number of fused-ring (bicyclic) bond motifs is 1. The van der Waals surface area contributed by atoms with Gasteiger partial charge in [-0.3, -0.25) is 4.79 Å². The van der Waals surface area contributed by atoms with E-state index in [1.54, 1.807) is 17.8 Å². The minimum absolute atomic E-state index is 0.0453. The lowest BCUT2D eigenvalue weighted by Crippen LogP contribution is -2.55. The normalized spacial score (nSPS) is 48.6. The molecule has 3 rings (SSSR count). The van der Waals surface area contributed by atoms with Crippen LogP contribution in [0.25, 0.3) is 0 Å². The third kappa shape index (κ3) is 5.50. The summed E-state index contributed by atoms with van der Waals surface area (Å²) in [4.78, 5) is 12.3. The second-order valence-electron chi connectivity index (χ2n) is 13.1. The Morgan fingerprint density at radius 2 is 1.78 bits per heavy atom. The molecule has 9 atom stereocenters. The van der Waals surface area contributed by atoms with Gasteiger partial charge in [0.1, 0.15) is 12.2 Å². The van der Waals surface area contributed by atoms with Gasteiger partial charge in [0.15, 0.2) is 0 Å². The third-order valence-electron chi connectivity index (χ3n) is 10.8. The zero-order valence-corrected chi connectivity index (χ0v) is 24.8. The molecule has 0 bridgehead atoms. The highest BCUT2D eigenvalue weighted by Gasteiger charge is 2.60. The molecule has 2 saturated carbocycles. The van der Waals surface area contributed by atoms with E-state index in [4.69, 9.17) is 0 Å². The van der Waals surface area contributed by atoms with Crippen LogP contribution in [0.2, 0.25) is 0 Å². The highest BCUT2D eigenvalue weighted by atomic mass is 32.2. The van der Waals surface area contributed by atoms with Gasteiger partial charge in [-0.15, -0.1) is 11.8 Å². The molecule has 0 spiro atoms. The van der Waals surface area contributed by atoms with Crippen LogP contribution >= 0.6 is 11.8 Å². The average molecular weight is 535 g/mol. The predicted molar refractivity (Wildman–Crippen MR) is 152 cm³/mol. The Kier molecular flexibility index (Phi) is 9.21. The molecule has 0 radical (unpaired) electrons. The monoisotopic (exact) mass is 534 g/mol. The van der Waals surface area contributed by atoms with Crippen LogP contribution < -0.4 is 0 Å². The lowest BCUT2D eigenvalue weighted by Gasteiger charge is -2.63. The summed E-state index contributed by atoms with van der Waals surface area (Å²) in [5, 5.41) is 41.2. The van der Waals surface area contributed by atoms with E-state index in [0.29, 0.717) is 18.1 Å². The number of hydrogen-bond acceptors (Lipinski definition) is 5. The molecule has 3 aliphatic carbocycles. The number of allylic oxidation sites excluding steroid dienone is 2. The average Bonchev–Trinajstić information content (AvgIpc) is 2.86. The summed E-state index contributed by atoms with van der Waals surface area (Å²) in [6.45, 7) is 15.5. The maximum Gasteiger partial charge on any atom is 0.309 e. The molecule has 37 heavy (non-hydrogen) atoms. The molecule has 6 heteroatoms. The van der Waals surface area contributed by atoms with Crippen molar-refractivity contribution in [2.24, 2.45) is 33.5 Å². The topological polar surface area (TPSA) is 98.0 Å². The fourth-order valence-electron chi connectivity index (χ4n) is 7.73. The van der Waals surface area contributed by atoms with E-state index in [-0.39, 0.29) is 34.0 Å². The molecule has 210 valence electrons. The second kappa shape index (κ2) is 11.2. The Labute approximate surface area is 228 Å². The molecule has 4 N–H and O–H groups in total. The first-order valence-corrected chi connectivity index (χ1v) is 15.1. The van der Waals surface area contributed by atoms with Crippen LogP contribution in [-0.4, -0.2) is 56.2 Å². The molecule has 5 nitrogen and oxygen atoms in total. The van der Waals surface area contributed by atoms with Crippen molar-refractivity contribution in [3.63, 3.8) is 0 Å². The zero-order valence-electron chi connectivity index (χ0n) is 24.0. The van der Waals surface area contributed by atoms with Gasteiger partial charge in [-0.05, 0) is 80.6 Å². The van der Waals surface area contributed by atoms with Crippen molar-refractivity contribution >= 4 is 17.7 Å². The molecule has 0 aromatic rings. The van der Waals surface area contributed by atoms with Crippen molar-refractivity contribution in [1.29, 1.82) is 0 Å². The molecule has 0 amide bonds. The number of aliphatic hydroxyl groups is 3. The molecular weight excluding hydrogens is 484 g/mol. The van der Waals surface area contributed by atoms with Gasteiger partial charge in [0.05, 0.1) is 12.0 Å². The number of hydrogen-bond donors (Lipinski definition) is 4. The molecule has 3 unspecified atom stereocenters. The summed E-state index contributed by atoms with van der Waals surface area (Å²) in [6, 6.07) is 0. The fourth-order valence-corrected chi connectivity index (χ4v) is 8.65. The van der Waals surface area contributed by atoms with Gasteiger partial charge < -0.3 is 20.4 Å². The highest BCUT2D eigenvalue weighted by Crippen LogP contribution is 2.68. The van der Waals surface area contributed by atoms with E-state index in [2.05, 4.69) is 46.8 Å². The summed E-state index contributed by atoms with van der Waals surface area (Å²) in [7, 11) is 0. The lowest BCUT2D eigenvalue weighted by molar-refractivity contribution is -0.156. The summed E-state index contributed by atoms with van der Waals surface area (Å²) in [5.41, 5.74) is 0.789. The Morgan fingerprint density at radius 3 is 2.38 bits per heavy atom. The van der Waals surface area contributed by atoms with Gasteiger partial charge >= 0.3 is 5.97 Å². The van der Waals surface area contributed by atoms with Crippen LogP contribution in [0.1, 0.15) is 87.0 Å². The van der Waals surface area contributed by atoms with Gasteiger partial charge in [0, 0.05) is 16.4 Å². The quantitative estimate of drug-likeness (QED) is 0.312. The number of carboxylic acids is 1. The van der Waals surface area contributed by atoms with Crippen molar-refractivity contribution in [2.75, 3.05) is 12.4 Å². The summed E-state index contributed by atoms with van der Waals surface area (Å²) in [6.07, 6.45) is 11.5. The van der Waals surface area contributed by atoms with Crippen molar-refractivity contribution in [3.05, 3.63) is 35.5 Å².